The molecule has 7 heteroatoms. The van der Waals surface area contributed by atoms with Gasteiger partial charge in [0.05, 0.1) is 5.39 Å². The van der Waals surface area contributed by atoms with Gasteiger partial charge in [0.25, 0.3) is 0 Å². The third-order valence-electron chi connectivity index (χ3n) is 4.76. The molecule has 4 aromatic rings. The number of hydrogen-bond acceptors (Lipinski definition) is 5. The molecule has 2 aromatic carbocycles. The quantitative estimate of drug-likeness (QED) is 0.385. The van der Waals surface area contributed by atoms with Gasteiger partial charge >= 0.3 is 0 Å². The Bertz CT molecular complexity index is 1200. The van der Waals surface area contributed by atoms with E-state index in [-0.39, 0.29) is 5.91 Å². The van der Waals surface area contributed by atoms with E-state index < -0.39 is 0 Å². The smallest absolute Gasteiger partial charge is 0.226 e. The third-order valence-corrected chi connectivity index (χ3v) is 6.01. The summed E-state index contributed by atoms with van der Waals surface area (Å²) in [5, 5.41) is 7.77. The van der Waals surface area contributed by atoms with Crippen molar-refractivity contribution in [3.05, 3.63) is 70.3 Å². The molecule has 4 rings (SSSR count). The van der Waals surface area contributed by atoms with Gasteiger partial charge in [-0.1, -0.05) is 47.5 Å². The fourth-order valence-corrected chi connectivity index (χ4v) is 4.53. The molecule has 0 aliphatic rings. The van der Waals surface area contributed by atoms with Gasteiger partial charge in [0.15, 0.2) is 0 Å². The summed E-state index contributed by atoms with van der Waals surface area (Å²) in [5.41, 5.74) is 4.19. The molecule has 2 heterocycles. The lowest BCUT2D eigenvalue weighted by Crippen LogP contribution is -2.16. The van der Waals surface area contributed by atoms with Crippen LogP contribution in [0.15, 0.2) is 54.9 Å². The number of rotatable bonds is 6. The van der Waals surface area contributed by atoms with E-state index in [4.69, 9.17) is 11.6 Å². The highest BCUT2D eigenvalue weighted by molar-refractivity contribution is 7.19. The number of carbonyl (C=O) groups is 1. The fourth-order valence-electron chi connectivity index (χ4n) is 3.33. The van der Waals surface area contributed by atoms with Crippen molar-refractivity contribution in [3.63, 3.8) is 0 Å². The average molecular weight is 437 g/mol. The summed E-state index contributed by atoms with van der Waals surface area (Å²) in [7, 11) is 0. The number of aromatic nitrogens is 2. The lowest BCUT2D eigenvalue weighted by Gasteiger charge is -2.10. The van der Waals surface area contributed by atoms with Crippen LogP contribution in [0.3, 0.4) is 0 Å². The van der Waals surface area contributed by atoms with Crippen molar-refractivity contribution in [2.24, 2.45) is 0 Å². The van der Waals surface area contributed by atoms with Gasteiger partial charge in [0.2, 0.25) is 5.91 Å². The fraction of sp³-hybridized carbons (Fsp3) is 0.174. The molecule has 0 radical (unpaired) electrons. The number of hydrogen-bond donors (Lipinski definition) is 2. The van der Waals surface area contributed by atoms with E-state index in [1.54, 1.807) is 35.9 Å². The Labute approximate surface area is 184 Å². The molecule has 2 N–H and O–H groups in total. The average Bonchev–Trinajstić information content (AvgIpc) is 3.05. The summed E-state index contributed by atoms with van der Waals surface area (Å²) >= 11 is 7.62. The summed E-state index contributed by atoms with van der Waals surface area (Å²) in [5.74, 6) is 0.658. The van der Waals surface area contributed by atoms with Crippen molar-refractivity contribution in [2.75, 3.05) is 17.2 Å². The lowest BCUT2D eigenvalue weighted by atomic mass is 10.0. The van der Waals surface area contributed by atoms with Crippen LogP contribution in [0.2, 0.25) is 5.02 Å². The standard InChI is InChI=1S/C23H21ClN4OS/c1-14-6-8-16(9-7-14)20-15(2)30-23-21(20)22(26-13-27-23)25-11-10-19(29)28-18-5-3-4-17(24)12-18/h3-9,12-13H,10-11H2,1-2H3,(H,28,29)(H,25,26,27). The minimum Gasteiger partial charge on any atom is -0.369 e. The van der Waals surface area contributed by atoms with Gasteiger partial charge in [0, 0.05) is 34.1 Å². The van der Waals surface area contributed by atoms with E-state index in [9.17, 15) is 4.79 Å². The van der Waals surface area contributed by atoms with Crippen LogP contribution < -0.4 is 10.6 Å². The number of halogens is 1. The van der Waals surface area contributed by atoms with Crippen molar-refractivity contribution >= 4 is 50.6 Å². The summed E-state index contributed by atoms with van der Waals surface area (Å²) in [6, 6.07) is 15.6. The van der Waals surface area contributed by atoms with Crippen molar-refractivity contribution in [3.8, 4) is 11.1 Å². The molecule has 2 aromatic heterocycles. The second-order valence-electron chi connectivity index (χ2n) is 7.04. The molecule has 0 spiro atoms. The minimum absolute atomic E-state index is 0.0877. The van der Waals surface area contributed by atoms with Crippen LogP contribution in [0, 0.1) is 13.8 Å². The van der Waals surface area contributed by atoms with Crippen LogP contribution in [-0.2, 0) is 4.79 Å². The van der Waals surface area contributed by atoms with Crippen molar-refractivity contribution in [1.82, 2.24) is 9.97 Å². The number of aryl methyl sites for hydroxylation is 2. The number of amides is 1. The Morgan fingerprint density at radius 3 is 2.67 bits per heavy atom. The topological polar surface area (TPSA) is 66.9 Å². The number of thiophene rings is 1. The summed E-state index contributed by atoms with van der Waals surface area (Å²) in [4.78, 5) is 23.3. The van der Waals surface area contributed by atoms with Crippen LogP contribution in [0.5, 0.6) is 0 Å². The highest BCUT2D eigenvalue weighted by Gasteiger charge is 2.16. The molecule has 1 amide bonds. The first-order valence-electron chi connectivity index (χ1n) is 9.61. The SMILES string of the molecule is Cc1ccc(-c2c(C)sc3ncnc(NCCC(=O)Nc4cccc(Cl)c4)c23)cc1. The van der Waals surface area contributed by atoms with Crippen LogP contribution in [0.1, 0.15) is 16.9 Å². The van der Waals surface area contributed by atoms with Gasteiger partial charge in [-0.3, -0.25) is 4.79 Å². The van der Waals surface area contributed by atoms with Gasteiger partial charge in [-0.05, 0) is 37.6 Å². The Balaban J connectivity index is 1.52. The van der Waals surface area contributed by atoms with E-state index >= 15 is 0 Å². The Kier molecular flexibility index (Phi) is 5.97. The van der Waals surface area contributed by atoms with Crippen molar-refractivity contribution in [1.29, 1.82) is 0 Å². The first kappa shape index (κ1) is 20.3. The molecule has 152 valence electrons. The molecule has 0 aliphatic heterocycles. The largest absolute Gasteiger partial charge is 0.369 e. The number of anilines is 2. The number of nitrogens with one attached hydrogen (secondary N) is 2. The highest BCUT2D eigenvalue weighted by atomic mass is 35.5. The molecule has 0 saturated carbocycles. The monoisotopic (exact) mass is 436 g/mol. The second-order valence-corrected chi connectivity index (χ2v) is 8.68. The van der Waals surface area contributed by atoms with Gasteiger partial charge in [-0.15, -0.1) is 11.3 Å². The van der Waals surface area contributed by atoms with Gasteiger partial charge in [-0.2, -0.15) is 0 Å². The molecule has 0 unspecified atom stereocenters. The molecule has 0 bridgehead atoms. The van der Waals surface area contributed by atoms with E-state index in [1.165, 1.54) is 10.4 Å². The first-order chi connectivity index (χ1) is 14.5. The van der Waals surface area contributed by atoms with Crippen LogP contribution in [0.4, 0.5) is 11.5 Å². The Hall–Kier alpha value is -2.96. The maximum Gasteiger partial charge on any atom is 0.226 e. The minimum atomic E-state index is -0.0877. The predicted molar refractivity (Wildman–Crippen MR) is 126 cm³/mol. The van der Waals surface area contributed by atoms with Gasteiger partial charge < -0.3 is 10.6 Å². The first-order valence-corrected chi connectivity index (χ1v) is 10.8. The zero-order chi connectivity index (χ0) is 21.1. The van der Waals surface area contributed by atoms with Crippen molar-refractivity contribution in [2.45, 2.75) is 20.3 Å². The molecule has 30 heavy (non-hydrogen) atoms. The van der Waals surface area contributed by atoms with Crippen LogP contribution in [-0.4, -0.2) is 22.4 Å². The van der Waals surface area contributed by atoms with Crippen molar-refractivity contribution < 1.29 is 4.79 Å². The maximum absolute atomic E-state index is 12.3. The van der Waals surface area contributed by atoms with E-state index in [1.807, 2.05) is 6.07 Å². The molecular weight excluding hydrogens is 416 g/mol. The highest BCUT2D eigenvalue weighted by Crippen LogP contribution is 2.40. The van der Waals surface area contributed by atoms with Gasteiger partial charge in [-0.25, -0.2) is 9.97 Å². The van der Waals surface area contributed by atoms with E-state index in [0.29, 0.717) is 23.7 Å². The van der Waals surface area contributed by atoms with Gasteiger partial charge in [0.1, 0.15) is 17.0 Å². The Morgan fingerprint density at radius 1 is 1.10 bits per heavy atom. The number of benzene rings is 2. The van der Waals surface area contributed by atoms with E-state index in [2.05, 4.69) is 58.7 Å². The molecular formula is C23H21ClN4OS. The predicted octanol–water partition coefficient (Wildman–Crippen LogP) is 6.07. The van der Waals surface area contributed by atoms with E-state index in [0.717, 1.165) is 27.2 Å². The Morgan fingerprint density at radius 2 is 1.90 bits per heavy atom. The third kappa shape index (κ3) is 4.45. The normalized spacial score (nSPS) is 10.9. The molecule has 0 saturated heterocycles. The van der Waals surface area contributed by atoms with Crippen LogP contribution >= 0.6 is 22.9 Å². The maximum atomic E-state index is 12.3. The molecule has 0 atom stereocenters. The second kappa shape index (κ2) is 8.81. The number of carbonyl (C=O) groups excluding carboxylic acids is 1. The molecule has 0 fully saturated rings. The zero-order valence-corrected chi connectivity index (χ0v) is 18.3. The summed E-state index contributed by atoms with van der Waals surface area (Å²) < 4.78 is 0. The summed E-state index contributed by atoms with van der Waals surface area (Å²) in [6.45, 7) is 4.64. The number of nitrogens with zero attached hydrogens (tertiary/aromatic N) is 2. The van der Waals surface area contributed by atoms with Crippen LogP contribution in [0.25, 0.3) is 21.3 Å². The lowest BCUT2D eigenvalue weighted by molar-refractivity contribution is -0.115. The molecule has 0 aliphatic carbocycles. The number of fused-ring (bicyclic) bond motifs is 1. The zero-order valence-electron chi connectivity index (χ0n) is 16.7. The summed E-state index contributed by atoms with van der Waals surface area (Å²) in [6.07, 6.45) is 1.87. The molecule has 5 nitrogen and oxygen atoms in total.